The van der Waals surface area contributed by atoms with E-state index in [4.69, 9.17) is 4.74 Å². The molecule has 0 saturated carbocycles. The summed E-state index contributed by atoms with van der Waals surface area (Å²) in [6.07, 6.45) is 0.845. The van der Waals surface area contributed by atoms with E-state index in [0.29, 0.717) is 25.4 Å². The quantitative estimate of drug-likeness (QED) is 0.548. The zero-order valence-corrected chi connectivity index (χ0v) is 17.3. The predicted octanol–water partition coefficient (Wildman–Crippen LogP) is 2.73. The summed E-state index contributed by atoms with van der Waals surface area (Å²) in [5.74, 6) is 0.526. The van der Waals surface area contributed by atoms with Crippen molar-refractivity contribution in [2.24, 2.45) is 4.99 Å². The molecule has 0 unspecified atom stereocenters. The summed E-state index contributed by atoms with van der Waals surface area (Å²) < 4.78 is 19.9. The Balaban J connectivity index is 1.56. The highest BCUT2D eigenvalue weighted by atomic mass is 32.1. The number of aliphatic imine (C=N–C) groups is 1. The van der Waals surface area contributed by atoms with Gasteiger partial charge in [0.25, 0.3) is 0 Å². The number of ether oxygens (including phenoxy) is 1. The Bertz CT molecular complexity index is 789. The lowest BCUT2D eigenvalue weighted by Gasteiger charge is -2.29. The Morgan fingerprint density at radius 3 is 2.82 bits per heavy atom. The standard InChI is InChI=1S/C20H28FN5OS/c1-3-22-20(23-7-6-17-14-28-15(2)25-17)24-13-16-4-5-19(18(21)12-16)26-8-10-27-11-9-26/h4-5,12,14H,3,6-11,13H2,1-2H3,(H2,22,23,24). The molecule has 8 heteroatoms. The summed E-state index contributed by atoms with van der Waals surface area (Å²) in [6, 6.07) is 5.37. The van der Waals surface area contributed by atoms with Crippen LogP contribution in [0.3, 0.4) is 0 Å². The fraction of sp³-hybridized carbons (Fsp3) is 0.500. The van der Waals surface area contributed by atoms with Crippen LogP contribution in [0.4, 0.5) is 10.1 Å². The molecular formula is C20H28FN5OS. The summed E-state index contributed by atoms with van der Waals surface area (Å²) in [5, 5.41) is 9.71. The van der Waals surface area contributed by atoms with Crippen molar-refractivity contribution in [2.45, 2.75) is 26.8 Å². The van der Waals surface area contributed by atoms with Crippen molar-refractivity contribution < 1.29 is 9.13 Å². The van der Waals surface area contributed by atoms with E-state index in [1.54, 1.807) is 17.4 Å². The SMILES string of the molecule is CCNC(=NCc1ccc(N2CCOCC2)c(F)c1)NCCc1csc(C)n1. The Morgan fingerprint density at radius 1 is 1.32 bits per heavy atom. The van der Waals surface area contributed by atoms with Gasteiger partial charge in [-0.3, -0.25) is 0 Å². The summed E-state index contributed by atoms with van der Waals surface area (Å²) in [4.78, 5) is 11.1. The number of rotatable bonds is 7. The average molecular weight is 406 g/mol. The van der Waals surface area contributed by atoms with Gasteiger partial charge in [-0.1, -0.05) is 6.07 Å². The van der Waals surface area contributed by atoms with E-state index in [1.807, 2.05) is 30.9 Å². The van der Waals surface area contributed by atoms with Crippen molar-refractivity contribution >= 4 is 23.0 Å². The summed E-state index contributed by atoms with van der Waals surface area (Å²) in [5.41, 5.74) is 2.58. The van der Waals surface area contributed by atoms with Gasteiger partial charge in [0.15, 0.2) is 5.96 Å². The van der Waals surface area contributed by atoms with Crippen LogP contribution in [0.15, 0.2) is 28.6 Å². The number of nitrogens with zero attached hydrogens (tertiary/aromatic N) is 3. The van der Waals surface area contributed by atoms with Crippen molar-refractivity contribution in [3.05, 3.63) is 45.7 Å². The fourth-order valence-electron chi connectivity index (χ4n) is 3.05. The predicted molar refractivity (Wildman–Crippen MR) is 113 cm³/mol. The van der Waals surface area contributed by atoms with Crippen LogP contribution >= 0.6 is 11.3 Å². The second-order valence-corrected chi connectivity index (χ2v) is 7.68. The fourth-order valence-corrected chi connectivity index (χ4v) is 3.70. The van der Waals surface area contributed by atoms with E-state index in [0.717, 1.165) is 54.8 Å². The monoisotopic (exact) mass is 405 g/mol. The zero-order chi connectivity index (χ0) is 19.8. The van der Waals surface area contributed by atoms with E-state index >= 15 is 0 Å². The molecule has 2 heterocycles. The maximum absolute atomic E-state index is 14.5. The zero-order valence-electron chi connectivity index (χ0n) is 16.5. The number of hydrogen-bond acceptors (Lipinski definition) is 5. The van der Waals surface area contributed by atoms with E-state index in [2.05, 4.69) is 26.0 Å². The van der Waals surface area contributed by atoms with Crippen molar-refractivity contribution in [3.8, 4) is 0 Å². The van der Waals surface area contributed by atoms with Gasteiger partial charge < -0.3 is 20.3 Å². The molecule has 1 aromatic heterocycles. The van der Waals surface area contributed by atoms with Crippen molar-refractivity contribution in [1.29, 1.82) is 0 Å². The van der Waals surface area contributed by atoms with Crippen LogP contribution in [0.1, 0.15) is 23.2 Å². The van der Waals surface area contributed by atoms with E-state index < -0.39 is 0 Å². The molecule has 152 valence electrons. The first kappa shape index (κ1) is 20.5. The molecule has 0 spiro atoms. The normalized spacial score (nSPS) is 15.0. The summed E-state index contributed by atoms with van der Waals surface area (Å²) >= 11 is 1.66. The lowest BCUT2D eigenvalue weighted by Crippen LogP contribution is -2.38. The van der Waals surface area contributed by atoms with Gasteiger partial charge in [-0.15, -0.1) is 11.3 Å². The first-order chi connectivity index (χ1) is 13.7. The number of thiazole rings is 1. The van der Waals surface area contributed by atoms with Crippen LogP contribution in [0, 0.1) is 12.7 Å². The van der Waals surface area contributed by atoms with Crippen LogP contribution in [0.2, 0.25) is 0 Å². The Labute approximate surface area is 169 Å². The molecule has 0 bridgehead atoms. The molecule has 6 nitrogen and oxygen atoms in total. The highest BCUT2D eigenvalue weighted by molar-refractivity contribution is 7.09. The van der Waals surface area contributed by atoms with E-state index in [1.165, 1.54) is 0 Å². The average Bonchev–Trinajstić information content (AvgIpc) is 3.12. The molecule has 1 aromatic carbocycles. The van der Waals surface area contributed by atoms with Gasteiger partial charge in [-0.05, 0) is 31.5 Å². The number of aryl methyl sites for hydroxylation is 1. The van der Waals surface area contributed by atoms with E-state index in [-0.39, 0.29) is 5.82 Å². The van der Waals surface area contributed by atoms with Crippen LogP contribution in [-0.4, -0.2) is 50.3 Å². The molecule has 2 N–H and O–H groups in total. The minimum atomic E-state index is -0.202. The van der Waals surface area contributed by atoms with Crippen LogP contribution in [0.25, 0.3) is 0 Å². The maximum Gasteiger partial charge on any atom is 0.191 e. The van der Waals surface area contributed by atoms with Gasteiger partial charge in [0.05, 0.1) is 36.1 Å². The van der Waals surface area contributed by atoms with Gasteiger partial charge in [-0.25, -0.2) is 14.4 Å². The third-order valence-electron chi connectivity index (χ3n) is 4.47. The molecule has 1 fully saturated rings. The van der Waals surface area contributed by atoms with Gasteiger partial charge in [0, 0.05) is 38.0 Å². The largest absolute Gasteiger partial charge is 0.378 e. The number of guanidine groups is 1. The molecule has 28 heavy (non-hydrogen) atoms. The van der Waals surface area contributed by atoms with Gasteiger partial charge in [0.2, 0.25) is 0 Å². The number of nitrogens with one attached hydrogen (secondary N) is 2. The Kier molecular flexibility index (Phi) is 7.62. The second-order valence-electron chi connectivity index (χ2n) is 6.61. The maximum atomic E-state index is 14.5. The molecule has 2 aromatic rings. The summed E-state index contributed by atoms with van der Waals surface area (Å²) in [6.45, 7) is 8.71. The van der Waals surface area contributed by atoms with Gasteiger partial charge in [-0.2, -0.15) is 0 Å². The molecule has 0 amide bonds. The molecule has 1 saturated heterocycles. The summed E-state index contributed by atoms with van der Waals surface area (Å²) in [7, 11) is 0. The van der Waals surface area contributed by atoms with Crippen molar-refractivity contribution in [1.82, 2.24) is 15.6 Å². The number of hydrogen-bond donors (Lipinski definition) is 2. The van der Waals surface area contributed by atoms with Crippen molar-refractivity contribution in [2.75, 3.05) is 44.3 Å². The minimum absolute atomic E-state index is 0.202. The lowest BCUT2D eigenvalue weighted by atomic mass is 10.1. The first-order valence-electron chi connectivity index (χ1n) is 9.70. The minimum Gasteiger partial charge on any atom is -0.378 e. The molecule has 0 aliphatic carbocycles. The number of morpholine rings is 1. The smallest absolute Gasteiger partial charge is 0.191 e. The molecule has 1 aliphatic rings. The number of aromatic nitrogens is 1. The molecular weight excluding hydrogens is 377 g/mol. The molecule has 1 aliphatic heterocycles. The molecule has 0 radical (unpaired) electrons. The van der Waals surface area contributed by atoms with Crippen LogP contribution < -0.4 is 15.5 Å². The highest BCUT2D eigenvalue weighted by Gasteiger charge is 2.15. The first-order valence-corrected chi connectivity index (χ1v) is 10.6. The number of halogens is 1. The van der Waals surface area contributed by atoms with E-state index in [9.17, 15) is 4.39 Å². The number of anilines is 1. The number of benzene rings is 1. The molecule has 0 atom stereocenters. The lowest BCUT2D eigenvalue weighted by molar-refractivity contribution is 0.122. The third-order valence-corrected chi connectivity index (χ3v) is 5.29. The Morgan fingerprint density at radius 2 is 2.14 bits per heavy atom. The molecule has 3 rings (SSSR count). The van der Waals surface area contributed by atoms with Crippen molar-refractivity contribution in [3.63, 3.8) is 0 Å². The second kappa shape index (κ2) is 10.4. The highest BCUT2D eigenvalue weighted by Crippen LogP contribution is 2.22. The van der Waals surface area contributed by atoms with Gasteiger partial charge >= 0.3 is 0 Å². The van der Waals surface area contributed by atoms with Crippen LogP contribution in [0.5, 0.6) is 0 Å². The van der Waals surface area contributed by atoms with Gasteiger partial charge in [0.1, 0.15) is 5.82 Å². The van der Waals surface area contributed by atoms with Crippen LogP contribution in [-0.2, 0) is 17.7 Å². The topological polar surface area (TPSA) is 61.8 Å². The Hall–Kier alpha value is -2.19. The third kappa shape index (κ3) is 5.90.